The summed E-state index contributed by atoms with van der Waals surface area (Å²) in [6.07, 6.45) is 5.78. The van der Waals surface area contributed by atoms with Crippen LogP contribution < -0.4 is 11.1 Å². The van der Waals surface area contributed by atoms with Crippen molar-refractivity contribution in [2.45, 2.75) is 12.5 Å². The first-order chi connectivity index (χ1) is 13.6. The van der Waals surface area contributed by atoms with Crippen molar-refractivity contribution < 1.29 is 4.79 Å². The van der Waals surface area contributed by atoms with Crippen molar-refractivity contribution in [3.63, 3.8) is 0 Å². The van der Waals surface area contributed by atoms with E-state index in [9.17, 15) is 4.79 Å². The lowest BCUT2D eigenvalue weighted by atomic mass is 10.0. The Morgan fingerprint density at radius 2 is 1.82 bits per heavy atom. The number of ketones is 1. The summed E-state index contributed by atoms with van der Waals surface area (Å²) in [4.78, 5) is 23.6. The molecule has 0 aliphatic rings. The van der Waals surface area contributed by atoms with Gasteiger partial charge in [-0.05, 0) is 63.5 Å². The van der Waals surface area contributed by atoms with Crippen LogP contribution in [-0.2, 0) is 0 Å². The van der Waals surface area contributed by atoms with Gasteiger partial charge >= 0.3 is 0 Å². The summed E-state index contributed by atoms with van der Waals surface area (Å²) in [5, 5.41) is 3.51. The molecule has 1 unspecified atom stereocenters. The Bertz CT molecular complexity index is 927. The molecule has 6 heteroatoms. The monoisotopic (exact) mass is 375 g/mol. The zero-order chi connectivity index (χ0) is 19.9. The highest BCUT2D eigenvalue weighted by molar-refractivity contribution is 6.12. The lowest BCUT2D eigenvalue weighted by Crippen LogP contribution is -2.22. The molecule has 6 nitrogen and oxygen atoms in total. The van der Waals surface area contributed by atoms with Gasteiger partial charge in [0.2, 0.25) is 0 Å². The zero-order valence-corrected chi connectivity index (χ0v) is 16.2. The van der Waals surface area contributed by atoms with Crippen LogP contribution in [0.5, 0.6) is 0 Å². The summed E-state index contributed by atoms with van der Waals surface area (Å²) in [6.45, 7) is 0.855. The van der Waals surface area contributed by atoms with E-state index in [0.717, 1.165) is 24.3 Å². The standard InChI is InChI=1S/C22H25N5O/c1-27(2)15-11-20(21-18(23)7-5-12-25-21)26-19-8-4-3-6-17(19)22(28)16-9-13-24-14-10-16/h3-10,12-14,20,26H,11,15,23H2,1-2H3. The van der Waals surface area contributed by atoms with Gasteiger partial charge in [-0.1, -0.05) is 12.1 Å². The van der Waals surface area contributed by atoms with E-state index in [1.165, 1.54) is 0 Å². The first-order valence-electron chi connectivity index (χ1n) is 9.21. The van der Waals surface area contributed by atoms with Crippen molar-refractivity contribution >= 4 is 17.2 Å². The maximum absolute atomic E-state index is 13.0. The van der Waals surface area contributed by atoms with Crippen LogP contribution in [0.15, 0.2) is 67.1 Å². The van der Waals surface area contributed by atoms with Gasteiger partial charge in [0.25, 0.3) is 0 Å². The van der Waals surface area contributed by atoms with E-state index in [0.29, 0.717) is 16.8 Å². The van der Waals surface area contributed by atoms with E-state index in [-0.39, 0.29) is 11.8 Å². The first-order valence-corrected chi connectivity index (χ1v) is 9.21. The molecule has 3 rings (SSSR count). The molecular weight excluding hydrogens is 350 g/mol. The quantitative estimate of drug-likeness (QED) is 0.587. The van der Waals surface area contributed by atoms with E-state index < -0.39 is 0 Å². The average molecular weight is 375 g/mol. The summed E-state index contributed by atoms with van der Waals surface area (Å²) >= 11 is 0. The fourth-order valence-corrected chi connectivity index (χ4v) is 3.04. The molecule has 0 radical (unpaired) electrons. The maximum Gasteiger partial charge on any atom is 0.195 e. The minimum Gasteiger partial charge on any atom is -0.397 e. The molecule has 0 saturated carbocycles. The molecule has 1 atom stereocenters. The number of carbonyl (C=O) groups is 1. The van der Waals surface area contributed by atoms with Crippen LogP contribution >= 0.6 is 0 Å². The topological polar surface area (TPSA) is 84.1 Å². The van der Waals surface area contributed by atoms with E-state index >= 15 is 0 Å². The van der Waals surface area contributed by atoms with Crippen LogP contribution in [0.2, 0.25) is 0 Å². The van der Waals surface area contributed by atoms with Crippen LogP contribution in [0.1, 0.15) is 34.1 Å². The van der Waals surface area contributed by atoms with E-state index in [4.69, 9.17) is 5.73 Å². The van der Waals surface area contributed by atoms with Gasteiger partial charge in [-0.25, -0.2) is 0 Å². The summed E-state index contributed by atoms with van der Waals surface area (Å²) in [7, 11) is 4.06. The Morgan fingerprint density at radius 1 is 1.07 bits per heavy atom. The Kier molecular flexibility index (Phi) is 6.34. The van der Waals surface area contributed by atoms with Crippen LogP contribution in [0.25, 0.3) is 0 Å². The van der Waals surface area contributed by atoms with Crippen LogP contribution in [0.3, 0.4) is 0 Å². The van der Waals surface area contributed by atoms with Crippen molar-refractivity contribution in [2.75, 3.05) is 31.7 Å². The molecule has 1 aromatic carbocycles. The fraction of sp³-hybridized carbons (Fsp3) is 0.227. The second-order valence-corrected chi connectivity index (χ2v) is 6.88. The predicted octanol–water partition coefficient (Wildman–Crippen LogP) is 3.39. The Hall–Kier alpha value is -3.25. The highest BCUT2D eigenvalue weighted by Crippen LogP contribution is 2.28. The molecule has 0 bridgehead atoms. The number of hydrogen-bond donors (Lipinski definition) is 2. The summed E-state index contributed by atoms with van der Waals surface area (Å²) in [5.74, 6) is -0.0501. The fourth-order valence-electron chi connectivity index (χ4n) is 3.04. The zero-order valence-electron chi connectivity index (χ0n) is 16.2. The van der Waals surface area contributed by atoms with Crippen molar-refractivity contribution in [3.05, 3.63) is 83.9 Å². The number of rotatable bonds is 8. The first kappa shape index (κ1) is 19.5. The number of nitrogens with zero attached hydrogens (tertiary/aromatic N) is 3. The minimum absolute atomic E-state index is 0.0501. The van der Waals surface area contributed by atoms with Crippen LogP contribution in [0.4, 0.5) is 11.4 Å². The molecule has 2 heterocycles. The molecule has 144 valence electrons. The molecule has 2 aromatic heterocycles. The van der Waals surface area contributed by atoms with Crippen molar-refractivity contribution in [3.8, 4) is 0 Å². The largest absolute Gasteiger partial charge is 0.397 e. The highest BCUT2D eigenvalue weighted by Gasteiger charge is 2.20. The van der Waals surface area contributed by atoms with Gasteiger partial charge in [-0.15, -0.1) is 0 Å². The van der Waals surface area contributed by atoms with E-state index in [2.05, 4.69) is 20.2 Å². The molecule has 0 fully saturated rings. The molecular formula is C22H25N5O. The molecule has 28 heavy (non-hydrogen) atoms. The Morgan fingerprint density at radius 3 is 2.54 bits per heavy atom. The number of aromatic nitrogens is 2. The van der Waals surface area contributed by atoms with Crippen LogP contribution in [0, 0.1) is 0 Å². The molecule has 0 aliphatic heterocycles. The second kappa shape index (κ2) is 9.10. The van der Waals surface area contributed by atoms with Crippen molar-refractivity contribution in [1.29, 1.82) is 0 Å². The molecule has 0 amide bonds. The number of pyridine rings is 2. The van der Waals surface area contributed by atoms with Gasteiger partial charge in [-0.2, -0.15) is 0 Å². The number of benzene rings is 1. The maximum atomic E-state index is 13.0. The summed E-state index contributed by atoms with van der Waals surface area (Å²) in [5.41, 5.74) is 9.58. The van der Waals surface area contributed by atoms with Gasteiger partial charge in [0, 0.05) is 35.4 Å². The van der Waals surface area contributed by atoms with Crippen LogP contribution in [-0.4, -0.2) is 41.3 Å². The second-order valence-electron chi connectivity index (χ2n) is 6.88. The molecule has 0 aliphatic carbocycles. The van der Waals surface area contributed by atoms with Crippen molar-refractivity contribution in [1.82, 2.24) is 14.9 Å². The number of carbonyl (C=O) groups excluding carboxylic acids is 1. The van der Waals surface area contributed by atoms with Crippen molar-refractivity contribution in [2.24, 2.45) is 0 Å². The third-order valence-corrected chi connectivity index (χ3v) is 4.51. The van der Waals surface area contributed by atoms with E-state index in [1.54, 1.807) is 30.7 Å². The van der Waals surface area contributed by atoms with Gasteiger partial charge < -0.3 is 16.0 Å². The SMILES string of the molecule is CN(C)CCC(Nc1ccccc1C(=O)c1ccncc1)c1ncccc1N. The number of anilines is 2. The average Bonchev–Trinajstić information content (AvgIpc) is 2.72. The molecule has 3 N–H and O–H groups in total. The number of nitrogens with two attached hydrogens (primary N) is 1. The van der Waals surface area contributed by atoms with Gasteiger partial charge in [0.1, 0.15) is 0 Å². The normalized spacial score (nSPS) is 12.0. The smallest absolute Gasteiger partial charge is 0.195 e. The van der Waals surface area contributed by atoms with Gasteiger partial charge in [0.05, 0.1) is 17.4 Å². The molecule has 3 aromatic rings. The lowest BCUT2D eigenvalue weighted by Gasteiger charge is -2.23. The third kappa shape index (κ3) is 4.72. The van der Waals surface area contributed by atoms with Gasteiger partial charge in [0.15, 0.2) is 5.78 Å². The number of para-hydroxylation sites is 1. The number of hydrogen-bond acceptors (Lipinski definition) is 6. The van der Waals surface area contributed by atoms with Gasteiger partial charge in [-0.3, -0.25) is 14.8 Å². The highest BCUT2D eigenvalue weighted by atomic mass is 16.1. The van der Waals surface area contributed by atoms with E-state index in [1.807, 2.05) is 50.5 Å². The number of nitrogens with one attached hydrogen (secondary N) is 1. The lowest BCUT2D eigenvalue weighted by molar-refractivity contribution is 0.103. The Balaban J connectivity index is 1.93. The Labute approximate surface area is 165 Å². The predicted molar refractivity (Wildman–Crippen MR) is 112 cm³/mol. The summed E-state index contributed by atoms with van der Waals surface area (Å²) < 4.78 is 0. The third-order valence-electron chi connectivity index (χ3n) is 4.51. The minimum atomic E-state index is -0.116. The summed E-state index contributed by atoms with van der Waals surface area (Å²) in [6, 6.07) is 14.5. The molecule has 0 saturated heterocycles. The number of nitrogen functional groups attached to an aromatic ring is 1. The molecule has 0 spiro atoms.